The molecule has 0 saturated carbocycles. The average molecular weight is 205 g/mol. The van der Waals surface area contributed by atoms with Crippen molar-refractivity contribution in [3.05, 3.63) is 35.4 Å². The van der Waals surface area contributed by atoms with Crippen molar-refractivity contribution in [3.63, 3.8) is 0 Å². The molecule has 0 spiro atoms. The molecule has 0 fully saturated rings. The van der Waals surface area contributed by atoms with E-state index in [0.717, 1.165) is 24.0 Å². The number of nitrogens with two attached hydrogens (primary N) is 1. The van der Waals surface area contributed by atoms with Gasteiger partial charge in [0.25, 0.3) is 0 Å². The number of benzene rings is 1. The first kappa shape index (κ1) is 11.9. The standard InChI is InChI=1S/C13H19NO/c1-2-3-8-13(15)9-11-6-4-5-7-12(11)10-14/h4-7H,2-3,8-10,14H2,1H3. The van der Waals surface area contributed by atoms with Crippen LogP contribution in [0.1, 0.15) is 37.3 Å². The number of Topliss-reactive ketones (excluding diaryl/α,β-unsaturated/α-hetero) is 1. The minimum Gasteiger partial charge on any atom is -0.326 e. The van der Waals surface area contributed by atoms with Gasteiger partial charge in [0.05, 0.1) is 0 Å². The highest BCUT2D eigenvalue weighted by molar-refractivity contribution is 5.81. The first-order chi connectivity index (χ1) is 7.27. The predicted octanol–water partition coefficient (Wildman–Crippen LogP) is 2.45. The molecule has 2 heteroatoms. The van der Waals surface area contributed by atoms with Gasteiger partial charge in [-0.1, -0.05) is 37.6 Å². The number of ketones is 1. The van der Waals surface area contributed by atoms with E-state index in [-0.39, 0.29) is 0 Å². The first-order valence-electron chi connectivity index (χ1n) is 5.56. The van der Waals surface area contributed by atoms with Gasteiger partial charge in [-0.25, -0.2) is 0 Å². The number of unbranched alkanes of at least 4 members (excludes halogenated alkanes) is 1. The molecule has 15 heavy (non-hydrogen) atoms. The summed E-state index contributed by atoms with van der Waals surface area (Å²) in [5.41, 5.74) is 7.79. The molecule has 0 aliphatic heterocycles. The molecule has 1 rings (SSSR count). The molecule has 0 heterocycles. The Bertz CT molecular complexity index is 320. The van der Waals surface area contributed by atoms with Crippen LogP contribution in [0, 0.1) is 0 Å². The third kappa shape index (κ3) is 3.84. The highest BCUT2D eigenvalue weighted by Gasteiger charge is 2.06. The monoisotopic (exact) mass is 205 g/mol. The maximum absolute atomic E-state index is 11.6. The van der Waals surface area contributed by atoms with Gasteiger partial charge in [-0.2, -0.15) is 0 Å². The quantitative estimate of drug-likeness (QED) is 0.775. The normalized spacial score (nSPS) is 10.3. The second-order valence-electron chi connectivity index (χ2n) is 3.79. The maximum Gasteiger partial charge on any atom is 0.137 e. The van der Waals surface area contributed by atoms with Crippen molar-refractivity contribution in [2.75, 3.05) is 0 Å². The van der Waals surface area contributed by atoms with E-state index in [1.54, 1.807) is 0 Å². The Morgan fingerprint density at radius 2 is 1.93 bits per heavy atom. The zero-order valence-electron chi connectivity index (χ0n) is 9.33. The van der Waals surface area contributed by atoms with E-state index < -0.39 is 0 Å². The molecule has 0 radical (unpaired) electrons. The van der Waals surface area contributed by atoms with Crippen LogP contribution < -0.4 is 5.73 Å². The van der Waals surface area contributed by atoms with Crippen molar-refractivity contribution >= 4 is 5.78 Å². The van der Waals surface area contributed by atoms with Gasteiger partial charge in [-0.05, 0) is 17.5 Å². The Labute approximate surface area is 91.5 Å². The molecule has 82 valence electrons. The van der Waals surface area contributed by atoms with Crippen molar-refractivity contribution in [2.45, 2.75) is 39.2 Å². The second kappa shape index (κ2) is 6.36. The third-order valence-electron chi connectivity index (χ3n) is 2.54. The molecule has 0 unspecified atom stereocenters. The van der Waals surface area contributed by atoms with Crippen LogP contribution in [0.5, 0.6) is 0 Å². The average Bonchev–Trinajstić information content (AvgIpc) is 2.27. The summed E-state index contributed by atoms with van der Waals surface area (Å²) in [6, 6.07) is 7.90. The lowest BCUT2D eigenvalue weighted by atomic mass is 10.0. The largest absolute Gasteiger partial charge is 0.326 e. The van der Waals surface area contributed by atoms with Crippen LogP contribution in [0.15, 0.2) is 24.3 Å². The molecular formula is C13H19NO. The first-order valence-corrected chi connectivity index (χ1v) is 5.56. The number of carbonyl (C=O) groups is 1. The van der Waals surface area contributed by atoms with Crippen LogP contribution in [0.4, 0.5) is 0 Å². The molecule has 0 bridgehead atoms. The lowest BCUT2D eigenvalue weighted by Crippen LogP contribution is -2.07. The molecule has 0 aliphatic rings. The zero-order valence-corrected chi connectivity index (χ0v) is 9.33. The zero-order chi connectivity index (χ0) is 11.1. The fourth-order valence-corrected chi connectivity index (χ4v) is 1.60. The third-order valence-corrected chi connectivity index (χ3v) is 2.54. The lowest BCUT2D eigenvalue weighted by molar-refractivity contribution is -0.118. The van der Waals surface area contributed by atoms with Gasteiger partial charge < -0.3 is 5.73 Å². The van der Waals surface area contributed by atoms with Crippen molar-refractivity contribution < 1.29 is 4.79 Å². The molecule has 0 amide bonds. The van der Waals surface area contributed by atoms with Crippen LogP contribution >= 0.6 is 0 Å². The molecule has 1 aromatic carbocycles. The number of hydrogen-bond donors (Lipinski definition) is 1. The Hall–Kier alpha value is -1.15. The Morgan fingerprint density at radius 1 is 1.27 bits per heavy atom. The van der Waals surface area contributed by atoms with E-state index in [0.29, 0.717) is 25.2 Å². The second-order valence-corrected chi connectivity index (χ2v) is 3.79. The summed E-state index contributed by atoms with van der Waals surface area (Å²) in [6.07, 6.45) is 3.29. The summed E-state index contributed by atoms with van der Waals surface area (Å²) in [6.45, 7) is 2.61. The Balaban J connectivity index is 2.59. The van der Waals surface area contributed by atoms with E-state index in [1.807, 2.05) is 24.3 Å². The molecule has 0 saturated heterocycles. The topological polar surface area (TPSA) is 43.1 Å². The van der Waals surface area contributed by atoms with Gasteiger partial charge in [0.2, 0.25) is 0 Å². The smallest absolute Gasteiger partial charge is 0.137 e. The lowest BCUT2D eigenvalue weighted by Gasteiger charge is -2.06. The molecule has 2 N–H and O–H groups in total. The molecule has 0 atom stereocenters. The minimum absolute atomic E-state index is 0.317. The number of hydrogen-bond acceptors (Lipinski definition) is 2. The molecule has 2 nitrogen and oxygen atoms in total. The Morgan fingerprint density at radius 3 is 2.53 bits per heavy atom. The highest BCUT2D eigenvalue weighted by Crippen LogP contribution is 2.10. The maximum atomic E-state index is 11.6. The van der Waals surface area contributed by atoms with Crippen molar-refractivity contribution in [3.8, 4) is 0 Å². The predicted molar refractivity (Wildman–Crippen MR) is 62.6 cm³/mol. The fourth-order valence-electron chi connectivity index (χ4n) is 1.60. The summed E-state index contributed by atoms with van der Waals surface area (Å²) >= 11 is 0. The molecule has 0 aliphatic carbocycles. The number of carbonyl (C=O) groups excluding carboxylic acids is 1. The van der Waals surface area contributed by atoms with Gasteiger partial charge in [-0.3, -0.25) is 4.79 Å². The van der Waals surface area contributed by atoms with Gasteiger partial charge in [0.1, 0.15) is 5.78 Å². The van der Waals surface area contributed by atoms with Gasteiger partial charge >= 0.3 is 0 Å². The van der Waals surface area contributed by atoms with Crippen LogP contribution in [0.25, 0.3) is 0 Å². The van der Waals surface area contributed by atoms with E-state index in [2.05, 4.69) is 6.92 Å². The summed E-state index contributed by atoms with van der Waals surface area (Å²) < 4.78 is 0. The van der Waals surface area contributed by atoms with Crippen molar-refractivity contribution in [1.29, 1.82) is 0 Å². The number of rotatable bonds is 6. The SMILES string of the molecule is CCCCC(=O)Cc1ccccc1CN. The van der Waals surface area contributed by atoms with E-state index >= 15 is 0 Å². The summed E-state index contributed by atoms with van der Waals surface area (Å²) in [5, 5.41) is 0. The molecule has 1 aromatic rings. The summed E-state index contributed by atoms with van der Waals surface area (Å²) in [5.74, 6) is 0.317. The van der Waals surface area contributed by atoms with Crippen molar-refractivity contribution in [2.24, 2.45) is 5.73 Å². The van der Waals surface area contributed by atoms with Crippen LogP contribution in [-0.4, -0.2) is 5.78 Å². The Kier molecular flexibility index (Phi) is 5.05. The summed E-state index contributed by atoms with van der Waals surface area (Å²) in [7, 11) is 0. The van der Waals surface area contributed by atoms with Crippen LogP contribution in [0.2, 0.25) is 0 Å². The van der Waals surface area contributed by atoms with Crippen LogP contribution in [-0.2, 0) is 17.8 Å². The highest BCUT2D eigenvalue weighted by atomic mass is 16.1. The van der Waals surface area contributed by atoms with Gasteiger partial charge in [0, 0.05) is 19.4 Å². The van der Waals surface area contributed by atoms with Crippen LogP contribution in [0.3, 0.4) is 0 Å². The van der Waals surface area contributed by atoms with E-state index in [4.69, 9.17) is 5.73 Å². The van der Waals surface area contributed by atoms with Crippen molar-refractivity contribution in [1.82, 2.24) is 0 Å². The van der Waals surface area contributed by atoms with E-state index in [9.17, 15) is 4.79 Å². The minimum atomic E-state index is 0.317. The van der Waals surface area contributed by atoms with Gasteiger partial charge in [0.15, 0.2) is 0 Å². The molecule has 0 aromatic heterocycles. The summed E-state index contributed by atoms with van der Waals surface area (Å²) in [4.78, 5) is 11.6. The fraction of sp³-hybridized carbons (Fsp3) is 0.462. The van der Waals surface area contributed by atoms with E-state index in [1.165, 1.54) is 0 Å². The molecular weight excluding hydrogens is 186 g/mol. The van der Waals surface area contributed by atoms with Gasteiger partial charge in [-0.15, -0.1) is 0 Å².